The summed E-state index contributed by atoms with van der Waals surface area (Å²) in [5.74, 6) is -0.141. The standard InChI is InChI=1S/C20H15BrFN5O3/c1-26-14-8-9-27(20(28)15-6-7-16(21)29-15)10-12(14)17(25-26)19-24-23-18(30-19)11-4-2-3-5-13(11)22/h2-7H,8-10H2,1H3. The van der Waals surface area contributed by atoms with Crippen molar-refractivity contribution >= 4 is 21.8 Å². The van der Waals surface area contributed by atoms with E-state index in [0.29, 0.717) is 29.9 Å². The van der Waals surface area contributed by atoms with Crippen molar-refractivity contribution < 1.29 is 18.0 Å². The van der Waals surface area contributed by atoms with E-state index >= 15 is 0 Å². The first-order valence-corrected chi connectivity index (χ1v) is 9.98. The number of carbonyl (C=O) groups excluding carboxylic acids is 1. The highest BCUT2D eigenvalue weighted by molar-refractivity contribution is 9.10. The van der Waals surface area contributed by atoms with Crippen LogP contribution >= 0.6 is 15.9 Å². The van der Waals surface area contributed by atoms with Crippen molar-refractivity contribution in [1.29, 1.82) is 0 Å². The summed E-state index contributed by atoms with van der Waals surface area (Å²) in [7, 11) is 1.83. The Morgan fingerprint density at radius 2 is 1.93 bits per heavy atom. The van der Waals surface area contributed by atoms with Crippen LogP contribution in [0.5, 0.6) is 0 Å². The van der Waals surface area contributed by atoms with E-state index in [1.54, 1.807) is 39.9 Å². The van der Waals surface area contributed by atoms with Gasteiger partial charge in [-0.15, -0.1) is 10.2 Å². The van der Waals surface area contributed by atoms with E-state index in [2.05, 4.69) is 31.2 Å². The first kappa shape index (κ1) is 18.7. The predicted molar refractivity (Wildman–Crippen MR) is 107 cm³/mol. The van der Waals surface area contributed by atoms with Crippen molar-refractivity contribution in [1.82, 2.24) is 24.9 Å². The largest absolute Gasteiger partial charge is 0.444 e. The van der Waals surface area contributed by atoms with Crippen LogP contribution in [0, 0.1) is 5.82 Å². The Morgan fingerprint density at radius 1 is 1.13 bits per heavy atom. The van der Waals surface area contributed by atoms with Crippen LogP contribution in [0.3, 0.4) is 0 Å². The van der Waals surface area contributed by atoms with Crippen LogP contribution in [0.4, 0.5) is 4.39 Å². The summed E-state index contributed by atoms with van der Waals surface area (Å²) in [6, 6.07) is 9.50. The quantitative estimate of drug-likeness (QED) is 0.450. The molecule has 0 spiro atoms. The van der Waals surface area contributed by atoms with Crippen molar-refractivity contribution in [2.24, 2.45) is 7.05 Å². The van der Waals surface area contributed by atoms with Gasteiger partial charge in [0.05, 0.1) is 12.1 Å². The molecule has 10 heteroatoms. The molecule has 0 unspecified atom stereocenters. The van der Waals surface area contributed by atoms with Gasteiger partial charge in [0.15, 0.2) is 16.1 Å². The summed E-state index contributed by atoms with van der Waals surface area (Å²) >= 11 is 3.22. The third kappa shape index (κ3) is 3.13. The zero-order chi connectivity index (χ0) is 20.8. The van der Waals surface area contributed by atoms with Gasteiger partial charge in [0.2, 0.25) is 0 Å². The smallest absolute Gasteiger partial charge is 0.289 e. The topological polar surface area (TPSA) is 90.2 Å². The lowest BCUT2D eigenvalue weighted by Crippen LogP contribution is -2.36. The molecule has 30 heavy (non-hydrogen) atoms. The fourth-order valence-electron chi connectivity index (χ4n) is 3.58. The van der Waals surface area contributed by atoms with E-state index in [1.165, 1.54) is 6.07 Å². The number of benzene rings is 1. The summed E-state index contributed by atoms with van der Waals surface area (Å²) in [5.41, 5.74) is 2.52. The Balaban J connectivity index is 1.48. The van der Waals surface area contributed by atoms with Gasteiger partial charge in [-0.3, -0.25) is 9.48 Å². The number of fused-ring (bicyclic) bond motifs is 1. The summed E-state index contributed by atoms with van der Waals surface area (Å²) in [6.07, 6.45) is 0.626. The molecule has 0 N–H and O–H groups in total. The van der Waals surface area contributed by atoms with Gasteiger partial charge in [-0.25, -0.2) is 4.39 Å². The molecule has 0 atom stereocenters. The van der Waals surface area contributed by atoms with Crippen molar-refractivity contribution in [3.63, 3.8) is 0 Å². The van der Waals surface area contributed by atoms with E-state index in [1.807, 2.05) is 7.05 Å². The van der Waals surface area contributed by atoms with Gasteiger partial charge >= 0.3 is 0 Å². The number of nitrogens with zero attached hydrogens (tertiary/aromatic N) is 5. The molecule has 1 aliphatic heterocycles. The Kier molecular flexibility index (Phi) is 4.50. The molecule has 1 amide bonds. The van der Waals surface area contributed by atoms with Crippen LogP contribution in [-0.4, -0.2) is 37.3 Å². The molecule has 1 aliphatic rings. The highest BCUT2D eigenvalue weighted by Gasteiger charge is 2.31. The second kappa shape index (κ2) is 7.21. The molecule has 3 aromatic heterocycles. The maximum absolute atomic E-state index is 14.1. The average Bonchev–Trinajstić information content (AvgIpc) is 3.47. The molecule has 4 aromatic rings. The average molecular weight is 472 g/mol. The lowest BCUT2D eigenvalue weighted by atomic mass is 10.0. The molecule has 0 aliphatic carbocycles. The molecule has 8 nitrogen and oxygen atoms in total. The minimum absolute atomic E-state index is 0.0756. The number of hydrogen-bond donors (Lipinski definition) is 0. The second-order valence-corrected chi connectivity index (χ2v) is 7.65. The van der Waals surface area contributed by atoms with Gasteiger partial charge in [-0.1, -0.05) is 12.1 Å². The first-order chi connectivity index (χ1) is 14.5. The van der Waals surface area contributed by atoms with Gasteiger partial charge in [-0.05, 0) is 40.2 Å². The van der Waals surface area contributed by atoms with Crippen LogP contribution in [0.1, 0.15) is 21.8 Å². The predicted octanol–water partition coefficient (Wildman–Crippen LogP) is 3.83. The number of furan rings is 1. The van der Waals surface area contributed by atoms with Crippen LogP contribution in [-0.2, 0) is 20.0 Å². The van der Waals surface area contributed by atoms with E-state index < -0.39 is 5.82 Å². The maximum Gasteiger partial charge on any atom is 0.289 e. The lowest BCUT2D eigenvalue weighted by molar-refractivity contribution is 0.0700. The summed E-state index contributed by atoms with van der Waals surface area (Å²) in [5, 5.41) is 12.6. The van der Waals surface area contributed by atoms with Gasteiger partial charge in [-0.2, -0.15) is 5.10 Å². The molecule has 5 rings (SSSR count). The number of hydrogen-bond acceptors (Lipinski definition) is 6. The minimum Gasteiger partial charge on any atom is -0.444 e. The number of rotatable bonds is 3. The SMILES string of the molecule is Cn1nc(-c2nnc(-c3ccccc3F)o2)c2c1CCN(C(=O)c1ccc(Br)o1)C2. The van der Waals surface area contributed by atoms with E-state index in [0.717, 1.165) is 11.3 Å². The van der Waals surface area contributed by atoms with E-state index in [-0.39, 0.29) is 29.0 Å². The van der Waals surface area contributed by atoms with Crippen LogP contribution in [0.15, 0.2) is 49.9 Å². The minimum atomic E-state index is -0.447. The zero-order valence-corrected chi connectivity index (χ0v) is 17.4. The number of carbonyl (C=O) groups is 1. The maximum atomic E-state index is 14.1. The van der Waals surface area contributed by atoms with Crippen molar-refractivity contribution in [3.8, 4) is 23.0 Å². The van der Waals surface area contributed by atoms with Crippen LogP contribution in [0.25, 0.3) is 23.0 Å². The Labute approximate surface area is 178 Å². The fourth-order valence-corrected chi connectivity index (χ4v) is 3.89. The number of aryl methyl sites for hydroxylation is 1. The molecule has 0 radical (unpaired) electrons. The number of amides is 1. The molecular weight excluding hydrogens is 457 g/mol. The third-order valence-corrected chi connectivity index (χ3v) is 5.47. The van der Waals surface area contributed by atoms with Crippen molar-refractivity contribution in [2.75, 3.05) is 6.54 Å². The third-order valence-electron chi connectivity index (χ3n) is 5.05. The molecule has 1 aromatic carbocycles. The molecule has 152 valence electrons. The summed E-state index contributed by atoms with van der Waals surface area (Å²) in [4.78, 5) is 14.5. The lowest BCUT2D eigenvalue weighted by Gasteiger charge is -2.26. The summed E-state index contributed by atoms with van der Waals surface area (Å²) < 4.78 is 27.4. The highest BCUT2D eigenvalue weighted by atomic mass is 79.9. The Hall–Kier alpha value is -3.27. The Bertz CT molecular complexity index is 1260. The van der Waals surface area contributed by atoms with E-state index in [4.69, 9.17) is 8.83 Å². The number of halogens is 2. The molecule has 4 heterocycles. The number of aromatic nitrogens is 4. The normalized spacial score (nSPS) is 13.5. The monoisotopic (exact) mass is 471 g/mol. The van der Waals surface area contributed by atoms with E-state index in [9.17, 15) is 9.18 Å². The fraction of sp³-hybridized carbons (Fsp3) is 0.200. The van der Waals surface area contributed by atoms with Gasteiger partial charge in [0, 0.05) is 31.3 Å². The van der Waals surface area contributed by atoms with Crippen molar-refractivity contribution in [2.45, 2.75) is 13.0 Å². The first-order valence-electron chi connectivity index (χ1n) is 9.19. The molecule has 0 bridgehead atoms. The van der Waals surface area contributed by atoms with Crippen molar-refractivity contribution in [3.05, 3.63) is 63.9 Å². The molecule has 0 saturated heterocycles. The van der Waals surface area contributed by atoms with Crippen LogP contribution < -0.4 is 0 Å². The second-order valence-electron chi connectivity index (χ2n) is 6.87. The highest BCUT2D eigenvalue weighted by Crippen LogP contribution is 2.32. The molecular formula is C20H15BrFN5O3. The Morgan fingerprint density at radius 3 is 2.70 bits per heavy atom. The van der Waals surface area contributed by atoms with Gasteiger partial charge in [0.25, 0.3) is 17.7 Å². The summed E-state index contributed by atoms with van der Waals surface area (Å²) in [6.45, 7) is 0.862. The molecule has 0 fully saturated rings. The zero-order valence-electron chi connectivity index (χ0n) is 15.8. The van der Waals surface area contributed by atoms with Crippen LogP contribution in [0.2, 0.25) is 0 Å². The molecule has 0 saturated carbocycles. The van der Waals surface area contributed by atoms with Gasteiger partial charge < -0.3 is 13.7 Å². The van der Waals surface area contributed by atoms with Gasteiger partial charge in [0.1, 0.15) is 5.82 Å².